The molecule has 0 aromatic carbocycles. The topological polar surface area (TPSA) is 179 Å². The number of nitrogens with one attached hydrogen (secondary N) is 1. The van der Waals surface area contributed by atoms with Crippen LogP contribution in [0.3, 0.4) is 0 Å². The summed E-state index contributed by atoms with van der Waals surface area (Å²) in [4.78, 5) is 4.51. The highest BCUT2D eigenvalue weighted by molar-refractivity contribution is 6.13. The van der Waals surface area contributed by atoms with E-state index in [0.29, 0.717) is 52.2 Å². The van der Waals surface area contributed by atoms with Crippen molar-refractivity contribution in [2.45, 2.75) is 13.1 Å². The first-order valence-corrected chi connectivity index (χ1v) is 8.53. The average Bonchev–Trinajstić information content (AvgIpc) is 3.17. The molecule has 28 heavy (non-hydrogen) atoms. The summed E-state index contributed by atoms with van der Waals surface area (Å²) in [6.45, 7) is 4.39. The molecular formula is C17H23N9O2. The van der Waals surface area contributed by atoms with Gasteiger partial charge in [-0.25, -0.2) is 14.4 Å². The molecule has 0 spiro atoms. The lowest BCUT2D eigenvalue weighted by atomic mass is 10.0. The summed E-state index contributed by atoms with van der Waals surface area (Å²) >= 11 is 0. The highest BCUT2D eigenvalue weighted by Gasteiger charge is 2.17. The summed E-state index contributed by atoms with van der Waals surface area (Å²) in [5.74, 6) is 0.717. The summed E-state index contributed by atoms with van der Waals surface area (Å²) in [5, 5.41) is 29.4. The molecule has 9 N–H and O–H groups in total. The van der Waals surface area contributed by atoms with Crippen LogP contribution < -0.4 is 22.5 Å². The maximum atomic E-state index is 9.05. The highest BCUT2D eigenvalue weighted by atomic mass is 16.3. The number of aliphatic hydroxyl groups excluding tert-OH is 2. The van der Waals surface area contributed by atoms with Crippen molar-refractivity contribution in [2.24, 2.45) is 10.7 Å². The van der Waals surface area contributed by atoms with Crippen molar-refractivity contribution in [3.05, 3.63) is 48.1 Å². The fourth-order valence-corrected chi connectivity index (χ4v) is 2.65. The van der Waals surface area contributed by atoms with Crippen LogP contribution in [0.15, 0.2) is 53.1 Å². The van der Waals surface area contributed by atoms with E-state index in [9.17, 15) is 0 Å². The van der Waals surface area contributed by atoms with Crippen LogP contribution in [0.25, 0.3) is 0 Å². The predicted octanol–water partition coefficient (Wildman–Crippen LogP) is -0.290. The fraction of sp³-hybridized carbons (Fsp3) is 0.235. The Kier molecular flexibility index (Phi) is 5.47. The third-order valence-electron chi connectivity index (χ3n) is 4.12. The quantitative estimate of drug-likeness (QED) is 0.376. The van der Waals surface area contributed by atoms with Gasteiger partial charge in [-0.1, -0.05) is 6.58 Å². The van der Waals surface area contributed by atoms with Crippen LogP contribution in [-0.4, -0.2) is 48.7 Å². The lowest BCUT2D eigenvalue weighted by Crippen LogP contribution is -2.17. The summed E-state index contributed by atoms with van der Waals surface area (Å²) in [6.07, 6.45) is 6.48. The van der Waals surface area contributed by atoms with E-state index in [1.807, 2.05) is 0 Å². The van der Waals surface area contributed by atoms with Crippen LogP contribution in [0.5, 0.6) is 0 Å². The monoisotopic (exact) mass is 385 g/mol. The van der Waals surface area contributed by atoms with E-state index in [1.54, 1.807) is 18.3 Å². The van der Waals surface area contributed by atoms with Crippen molar-refractivity contribution >= 4 is 28.7 Å². The van der Waals surface area contributed by atoms with Crippen LogP contribution >= 0.6 is 0 Å². The first-order chi connectivity index (χ1) is 13.4. The Bertz CT molecular complexity index is 981. The van der Waals surface area contributed by atoms with Gasteiger partial charge in [0.15, 0.2) is 0 Å². The second-order valence-electron chi connectivity index (χ2n) is 6.06. The molecule has 11 heteroatoms. The Hall–Kier alpha value is -3.57. The van der Waals surface area contributed by atoms with E-state index in [-0.39, 0.29) is 19.8 Å². The lowest BCUT2D eigenvalue weighted by Gasteiger charge is -2.17. The first-order valence-electron chi connectivity index (χ1n) is 8.53. The zero-order chi connectivity index (χ0) is 20.3. The number of aromatic nitrogens is 4. The lowest BCUT2D eigenvalue weighted by molar-refractivity contribution is 0.270. The maximum absolute atomic E-state index is 9.05. The summed E-state index contributed by atoms with van der Waals surface area (Å²) in [6, 6.07) is 0. The zero-order valence-corrected chi connectivity index (χ0v) is 15.2. The summed E-state index contributed by atoms with van der Waals surface area (Å²) in [7, 11) is 0. The molecule has 2 heterocycles. The third-order valence-corrected chi connectivity index (χ3v) is 4.12. The maximum Gasteiger partial charge on any atom is 0.147 e. The Morgan fingerprint density at radius 2 is 1.64 bits per heavy atom. The smallest absolute Gasteiger partial charge is 0.147 e. The number of rotatable bonds is 7. The molecular weight excluding hydrogens is 362 g/mol. The molecule has 0 radical (unpaired) electrons. The normalized spacial score (nSPS) is 15.6. The number of aliphatic imine (C=N–C) groups is 1. The van der Waals surface area contributed by atoms with E-state index in [1.165, 1.54) is 15.6 Å². The standard InChI is InChI=1S/C17H23N9O2/c1-10-6-11(18)13(24-15-9-22-26(3-5-28)17(15)20)7-12(10)23-14-8-21-25(2-4-27)16(14)19/h6-9,24,27-28H,1-5,18-20H2. The van der Waals surface area contributed by atoms with Crippen LogP contribution in [0, 0.1) is 0 Å². The first kappa shape index (κ1) is 19.2. The number of allylic oxidation sites excluding steroid dienone is 3. The van der Waals surface area contributed by atoms with Crippen molar-refractivity contribution in [1.29, 1.82) is 0 Å². The van der Waals surface area contributed by atoms with Crippen molar-refractivity contribution in [1.82, 2.24) is 19.6 Å². The van der Waals surface area contributed by atoms with E-state index < -0.39 is 0 Å². The number of aliphatic hydroxyl groups is 2. The predicted molar refractivity (Wildman–Crippen MR) is 108 cm³/mol. The molecule has 2 aromatic heterocycles. The summed E-state index contributed by atoms with van der Waals surface area (Å²) < 4.78 is 2.95. The molecule has 0 saturated heterocycles. The van der Waals surface area contributed by atoms with Crippen LogP contribution in [-0.2, 0) is 13.1 Å². The number of anilines is 3. The number of hydrogen-bond donors (Lipinski definition) is 6. The molecule has 0 aliphatic heterocycles. The summed E-state index contributed by atoms with van der Waals surface area (Å²) in [5.41, 5.74) is 21.4. The molecule has 0 amide bonds. The van der Waals surface area contributed by atoms with E-state index in [0.717, 1.165) is 0 Å². The molecule has 1 aliphatic carbocycles. The number of hydrogen-bond acceptors (Lipinski definition) is 9. The van der Waals surface area contributed by atoms with Crippen molar-refractivity contribution in [3.8, 4) is 0 Å². The molecule has 148 valence electrons. The molecule has 0 atom stereocenters. The van der Waals surface area contributed by atoms with Gasteiger partial charge in [-0.15, -0.1) is 0 Å². The minimum absolute atomic E-state index is 0.0714. The minimum atomic E-state index is -0.0762. The van der Waals surface area contributed by atoms with Gasteiger partial charge in [-0.3, -0.25) is 0 Å². The Morgan fingerprint density at radius 1 is 1.00 bits per heavy atom. The van der Waals surface area contributed by atoms with E-state index >= 15 is 0 Å². The van der Waals surface area contributed by atoms with Crippen molar-refractivity contribution in [3.63, 3.8) is 0 Å². The fourth-order valence-electron chi connectivity index (χ4n) is 2.65. The van der Waals surface area contributed by atoms with Gasteiger partial charge in [-0.2, -0.15) is 10.2 Å². The molecule has 0 unspecified atom stereocenters. The van der Waals surface area contributed by atoms with Gasteiger partial charge >= 0.3 is 0 Å². The van der Waals surface area contributed by atoms with Crippen molar-refractivity contribution < 1.29 is 10.2 Å². The zero-order valence-electron chi connectivity index (χ0n) is 15.2. The Balaban J connectivity index is 1.89. The average molecular weight is 385 g/mol. The highest BCUT2D eigenvalue weighted by Crippen LogP contribution is 2.27. The number of nitrogen functional groups attached to an aromatic ring is 2. The van der Waals surface area contributed by atoms with E-state index in [2.05, 4.69) is 27.1 Å². The molecule has 1 aliphatic rings. The number of nitrogens with zero attached hydrogens (tertiary/aromatic N) is 5. The van der Waals surface area contributed by atoms with Gasteiger partial charge in [0.25, 0.3) is 0 Å². The minimum Gasteiger partial charge on any atom is -0.397 e. The van der Waals surface area contributed by atoms with Gasteiger partial charge in [-0.05, 0) is 17.7 Å². The van der Waals surface area contributed by atoms with Gasteiger partial charge in [0.1, 0.15) is 23.0 Å². The third kappa shape index (κ3) is 3.75. The van der Waals surface area contributed by atoms with Gasteiger partial charge < -0.3 is 32.7 Å². The van der Waals surface area contributed by atoms with E-state index in [4.69, 9.17) is 27.4 Å². The molecule has 11 nitrogen and oxygen atoms in total. The second kappa shape index (κ2) is 7.98. The molecule has 0 bridgehead atoms. The molecule has 0 fully saturated rings. The molecule has 0 saturated carbocycles. The Labute approximate surface area is 161 Å². The van der Waals surface area contributed by atoms with Crippen molar-refractivity contribution in [2.75, 3.05) is 30.0 Å². The molecule has 2 aromatic rings. The van der Waals surface area contributed by atoms with Gasteiger partial charge in [0.2, 0.25) is 0 Å². The van der Waals surface area contributed by atoms with Gasteiger partial charge in [0.05, 0.1) is 55.8 Å². The second-order valence-corrected chi connectivity index (χ2v) is 6.06. The van der Waals surface area contributed by atoms with Crippen LogP contribution in [0.2, 0.25) is 0 Å². The Morgan fingerprint density at radius 3 is 2.32 bits per heavy atom. The number of nitrogens with two attached hydrogens (primary N) is 3. The van der Waals surface area contributed by atoms with Crippen LogP contribution in [0.1, 0.15) is 0 Å². The SMILES string of the molecule is C=C1C=C(N)C(Nc2cnn(CCO)c2N)=CC1=Nc1cnn(CCO)c1N. The largest absolute Gasteiger partial charge is 0.397 e. The molecule has 3 rings (SSSR count). The van der Waals surface area contributed by atoms with Gasteiger partial charge in [0, 0.05) is 0 Å². The van der Waals surface area contributed by atoms with Crippen LogP contribution in [0.4, 0.5) is 23.0 Å².